The molecule has 1 N–H and O–H groups in total. The van der Waals surface area contributed by atoms with Gasteiger partial charge < -0.3 is 19.5 Å². The van der Waals surface area contributed by atoms with Gasteiger partial charge in [0.15, 0.2) is 11.5 Å². The van der Waals surface area contributed by atoms with Crippen LogP contribution >= 0.6 is 0 Å². The molecule has 0 saturated carbocycles. The van der Waals surface area contributed by atoms with Crippen LogP contribution in [0.5, 0.6) is 11.5 Å². The molecule has 0 spiro atoms. The molecular weight excluding hydrogens is 360 g/mol. The lowest BCUT2D eigenvalue weighted by molar-refractivity contribution is -0.139. The summed E-state index contributed by atoms with van der Waals surface area (Å²) >= 11 is 0. The van der Waals surface area contributed by atoms with E-state index in [0.717, 1.165) is 18.4 Å². The van der Waals surface area contributed by atoms with Crippen LogP contribution in [0.1, 0.15) is 45.2 Å². The van der Waals surface area contributed by atoms with Crippen LogP contribution in [0.2, 0.25) is 0 Å². The minimum Gasteiger partial charge on any atom is -0.493 e. The zero-order valence-electron chi connectivity index (χ0n) is 16.7. The van der Waals surface area contributed by atoms with Gasteiger partial charge in [-0.2, -0.15) is 10.1 Å². The highest BCUT2D eigenvalue weighted by molar-refractivity contribution is 5.92. The molecule has 150 valence electrons. The third kappa shape index (κ3) is 3.81. The quantitative estimate of drug-likeness (QED) is 0.550. The van der Waals surface area contributed by atoms with Crippen LogP contribution in [0.25, 0.3) is 0 Å². The van der Waals surface area contributed by atoms with Crippen LogP contribution in [0.15, 0.2) is 35.8 Å². The molecule has 8 heteroatoms. The first-order chi connectivity index (χ1) is 13.6. The fourth-order valence-corrected chi connectivity index (χ4v) is 3.18. The van der Waals surface area contributed by atoms with Crippen molar-refractivity contribution in [1.82, 2.24) is 14.8 Å². The minimum absolute atomic E-state index is 0.363. The molecule has 1 aromatic heterocycles. The third-order valence-corrected chi connectivity index (χ3v) is 4.55. The molecule has 28 heavy (non-hydrogen) atoms. The molecular formula is C20H26N4O4. The lowest BCUT2D eigenvalue weighted by atomic mass is 9.95. The van der Waals surface area contributed by atoms with Gasteiger partial charge in [0.2, 0.25) is 5.95 Å². The molecule has 1 atom stereocenters. The van der Waals surface area contributed by atoms with Crippen molar-refractivity contribution in [1.29, 1.82) is 0 Å². The van der Waals surface area contributed by atoms with E-state index < -0.39 is 6.04 Å². The highest BCUT2D eigenvalue weighted by Gasteiger charge is 2.34. The van der Waals surface area contributed by atoms with Gasteiger partial charge in [0, 0.05) is 5.70 Å². The van der Waals surface area contributed by atoms with E-state index in [1.807, 2.05) is 32.0 Å². The molecule has 0 saturated heterocycles. The average Bonchev–Trinajstić information content (AvgIpc) is 3.15. The Morgan fingerprint density at radius 3 is 2.82 bits per heavy atom. The number of nitrogens with one attached hydrogen (secondary N) is 1. The topological polar surface area (TPSA) is 87.5 Å². The summed E-state index contributed by atoms with van der Waals surface area (Å²) in [7, 11) is 1.59. The summed E-state index contributed by atoms with van der Waals surface area (Å²) in [6.07, 6.45) is 3.23. The Labute approximate surface area is 164 Å². The maximum Gasteiger partial charge on any atom is 0.338 e. The van der Waals surface area contributed by atoms with E-state index in [2.05, 4.69) is 22.3 Å². The SMILES string of the molecule is CCCCOC(=O)C1=C(C)Nc2ncnn2[C@H]1c1ccc(OCC)c(OC)c1. The smallest absolute Gasteiger partial charge is 0.338 e. The van der Waals surface area contributed by atoms with Crippen molar-refractivity contribution >= 4 is 11.9 Å². The van der Waals surface area contributed by atoms with Crippen LogP contribution in [0.4, 0.5) is 5.95 Å². The number of anilines is 1. The summed E-state index contributed by atoms with van der Waals surface area (Å²) in [5.74, 6) is 1.45. The molecule has 0 aliphatic carbocycles. The number of hydrogen-bond donors (Lipinski definition) is 1. The van der Waals surface area contributed by atoms with E-state index in [9.17, 15) is 4.79 Å². The number of fused-ring (bicyclic) bond motifs is 1. The molecule has 1 aliphatic heterocycles. The minimum atomic E-state index is -0.475. The Hall–Kier alpha value is -3.03. The molecule has 1 aromatic carbocycles. The Morgan fingerprint density at radius 1 is 1.29 bits per heavy atom. The lowest BCUT2D eigenvalue weighted by Crippen LogP contribution is -2.29. The van der Waals surface area contributed by atoms with Gasteiger partial charge >= 0.3 is 5.97 Å². The molecule has 0 amide bonds. The second-order valence-corrected chi connectivity index (χ2v) is 6.43. The normalized spacial score (nSPS) is 15.6. The van der Waals surface area contributed by atoms with Gasteiger partial charge in [-0.05, 0) is 38.0 Å². The largest absolute Gasteiger partial charge is 0.493 e. The van der Waals surface area contributed by atoms with Crippen molar-refractivity contribution < 1.29 is 19.0 Å². The number of esters is 1. The van der Waals surface area contributed by atoms with Gasteiger partial charge in [-0.1, -0.05) is 19.4 Å². The number of benzene rings is 1. The van der Waals surface area contributed by atoms with Crippen molar-refractivity contribution in [2.24, 2.45) is 0 Å². The van der Waals surface area contributed by atoms with Gasteiger partial charge in [0.05, 0.1) is 25.9 Å². The maximum absolute atomic E-state index is 12.9. The maximum atomic E-state index is 12.9. The number of unbranched alkanes of at least 4 members (excludes halogenated alkanes) is 1. The van der Waals surface area contributed by atoms with Crippen LogP contribution in [-0.4, -0.2) is 41.1 Å². The second kappa shape index (κ2) is 8.77. The Balaban J connectivity index is 2.03. The summed E-state index contributed by atoms with van der Waals surface area (Å²) in [5.41, 5.74) is 2.02. The van der Waals surface area contributed by atoms with E-state index in [1.54, 1.807) is 11.8 Å². The van der Waals surface area contributed by atoms with Crippen LogP contribution in [0.3, 0.4) is 0 Å². The Morgan fingerprint density at radius 2 is 2.11 bits per heavy atom. The molecule has 3 rings (SSSR count). The zero-order valence-corrected chi connectivity index (χ0v) is 16.7. The summed E-state index contributed by atoms with van der Waals surface area (Å²) in [6, 6.07) is 5.13. The second-order valence-electron chi connectivity index (χ2n) is 6.43. The first-order valence-electron chi connectivity index (χ1n) is 9.45. The molecule has 8 nitrogen and oxygen atoms in total. The van der Waals surface area contributed by atoms with E-state index in [4.69, 9.17) is 14.2 Å². The highest BCUT2D eigenvalue weighted by atomic mass is 16.5. The van der Waals surface area contributed by atoms with Gasteiger partial charge in [0.1, 0.15) is 12.4 Å². The van der Waals surface area contributed by atoms with Gasteiger partial charge in [-0.25, -0.2) is 9.48 Å². The average molecular weight is 386 g/mol. The number of allylic oxidation sites excluding steroid dienone is 1. The number of nitrogens with zero attached hydrogens (tertiary/aromatic N) is 3. The Kier molecular flexibility index (Phi) is 6.18. The summed E-state index contributed by atoms with van der Waals surface area (Å²) in [4.78, 5) is 17.1. The van der Waals surface area contributed by atoms with Gasteiger partial charge in [-0.3, -0.25) is 0 Å². The van der Waals surface area contributed by atoms with E-state index in [1.165, 1.54) is 6.33 Å². The number of hydrogen-bond acceptors (Lipinski definition) is 7. The predicted molar refractivity (Wildman–Crippen MR) is 105 cm³/mol. The number of carbonyl (C=O) groups is 1. The molecule has 0 bridgehead atoms. The number of aromatic nitrogens is 3. The van der Waals surface area contributed by atoms with Crippen molar-refractivity contribution in [3.63, 3.8) is 0 Å². The van der Waals surface area contributed by atoms with E-state index >= 15 is 0 Å². The zero-order chi connectivity index (χ0) is 20.1. The first-order valence-corrected chi connectivity index (χ1v) is 9.45. The van der Waals surface area contributed by atoms with Crippen molar-refractivity contribution in [3.8, 4) is 11.5 Å². The molecule has 1 aliphatic rings. The first kappa shape index (κ1) is 19.7. The van der Waals surface area contributed by atoms with Crippen LogP contribution < -0.4 is 14.8 Å². The molecule has 2 heterocycles. The molecule has 0 fully saturated rings. The number of methoxy groups -OCH3 is 1. The molecule has 0 radical (unpaired) electrons. The van der Waals surface area contributed by atoms with E-state index in [0.29, 0.717) is 41.9 Å². The third-order valence-electron chi connectivity index (χ3n) is 4.55. The molecule has 0 unspecified atom stereocenters. The summed E-state index contributed by atoms with van der Waals surface area (Å²) in [6.45, 7) is 6.73. The lowest BCUT2D eigenvalue weighted by Gasteiger charge is -2.28. The fourth-order valence-electron chi connectivity index (χ4n) is 3.18. The standard InChI is InChI=1S/C20H26N4O4/c1-5-7-10-28-19(25)17-13(3)23-20-21-12-22-24(20)18(17)14-8-9-15(27-6-2)16(11-14)26-4/h8-9,11-12,18H,5-7,10H2,1-4H3,(H,21,22,23)/t18-/m0/s1. The van der Waals surface area contributed by atoms with E-state index in [-0.39, 0.29) is 5.97 Å². The predicted octanol–water partition coefficient (Wildman–Crippen LogP) is 3.32. The monoisotopic (exact) mass is 386 g/mol. The van der Waals surface area contributed by atoms with Gasteiger partial charge in [-0.15, -0.1) is 0 Å². The summed E-state index contributed by atoms with van der Waals surface area (Å²) < 4.78 is 18.3. The van der Waals surface area contributed by atoms with Crippen LogP contribution in [0, 0.1) is 0 Å². The highest BCUT2D eigenvalue weighted by Crippen LogP contribution is 2.38. The van der Waals surface area contributed by atoms with Crippen LogP contribution in [-0.2, 0) is 9.53 Å². The fraction of sp³-hybridized carbons (Fsp3) is 0.450. The molecule has 2 aromatic rings. The number of ether oxygens (including phenoxy) is 3. The number of carbonyl (C=O) groups excluding carboxylic acids is 1. The summed E-state index contributed by atoms with van der Waals surface area (Å²) in [5, 5.41) is 7.45. The van der Waals surface area contributed by atoms with Crippen molar-refractivity contribution in [3.05, 3.63) is 41.4 Å². The van der Waals surface area contributed by atoms with Crippen molar-refractivity contribution in [2.75, 3.05) is 25.6 Å². The number of rotatable bonds is 8. The van der Waals surface area contributed by atoms with Crippen molar-refractivity contribution in [2.45, 2.75) is 39.7 Å². The van der Waals surface area contributed by atoms with Gasteiger partial charge in [0.25, 0.3) is 0 Å². The Bertz CT molecular complexity index is 875.